The summed E-state index contributed by atoms with van der Waals surface area (Å²) >= 11 is 0. The Balaban J connectivity index is 0.00000656. The van der Waals surface area contributed by atoms with Gasteiger partial charge >= 0.3 is 5.97 Å². The lowest BCUT2D eigenvalue weighted by Crippen LogP contribution is -3.00. The first kappa shape index (κ1) is 53.0. The van der Waals surface area contributed by atoms with E-state index in [1.165, 1.54) is 0 Å². The first-order valence-electron chi connectivity index (χ1n) is 28.2. The van der Waals surface area contributed by atoms with Crippen LogP contribution in [0.25, 0.3) is 33.4 Å². The minimum atomic E-state index is -0.363. The first-order chi connectivity index (χ1) is 34.5. The molecule has 8 heteroatoms. The van der Waals surface area contributed by atoms with Crippen LogP contribution in [0.5, 0.6) is 0 Å². The van der Waals surface area contributed by atoms with Gasteiger partial charge in [-0.2, -0.15) is 0 Å². The van der Waals surface area contributed by atoms with E-state index in [1.807, 2.05) is 24.3 Å². The van der Waals surface area contributed by atoms with E-state index in [0.717, 1.165) is 134 Å². The third kappa shape index (κ3) is 8.40. The number of carbonyl (C=O) groups excluding carboxylic acids is 2. The van der Waals surface area contributed by atoms with Gasteiger partial charge in [0.25, 0.3) is 0 Å². The Morgan fingerprint density at radius 2 is 1.49 bits per heavy atom. The summed E-state index contributed by atoms with van der Waals surface area (Å²) in [7, 11) is 0. The van der Waals surface area contributed by atoms with Crippen molar-refractivity contribution in [1.29, 1.82) is 0 Å². The molecule has 1 N–H and O–H groups in total. The predicted octanol–water partition coefficient (Wildman–Crippen LogP) is 11.4. The predicted molar refractivity (Wildman–Crippen MR) is 295 cm³/mol. The second-order valence-electron chi connectivity index (χ2n) is 24.5. The zero-order valence-electron chi connectivity index (χ0n) is 46.0. The first-order valence-corrected chi connectivity index (χ1v) is 28.2. The van der Waals surface area contributed by atoms with Crippen LogP contribution in [0.3, 0.4) is 0 Å². The van der Waals surface area contributed by atoms with E-state index in [9.17, 15) is 4.79 Å². The van der Waals surface area contributed by atoms with Crippen LogP contribution in [0.2, 0.25) is 0 Å². The molecular formula is C65H84ClN3O4. The number of esters is 1. The molecule has 7 aliphatic rings. The van der Waals surface area contributed by atoms with Crippen molar-refractivity contribution in [2.75, 3.05) is 31.1 Å². The topological polar surface area (TPSA) is 74.8 Å². The van der Waals surface area contributed by atoms with E-state index in [-0.39, 0.29) is 63.4 Å². The maximum Gasteiger partial charge on any atom is 0.339 e. The van der Waals surface area contributed by atoms with Gasteiger partial charge in [0, 0.05) is 59.4 Å². The Morgan fingerprint density at radius 3 is 2.22 bits per heavy atom. The molecule has 0 bridgehead atoms. The summed E-state index contributed by atoms with van der Waals surface area (Å²) < 4.78 is 16.1. The Hall–Kier alpha value is -4.88. The number of anilines is 1. The second kappa shape index (κ2) is 20.0. The number of nitrogens with zero attached hydrogens (tertiary/aromatic N) is 2. The van der Waals surface area contributed by atoms with Gasteiger partial charge in [0.05, 0.1) is 17.0 Å². The number of benzene rings is 4. The van der Waals surface area contributed by atoms with Gasteiger partial charge in [0.15, 0.2) is 0 Å². The molecular weight excluding hydrogens is 922 g/mol. The van der Waals surface area contributed by atoms with Crippen LogP contribution < -0.4 is 32.6 Å². The van der Waals surface area contributed by atoms with Crippen LogP contribution in [0.4, 0.5) is 5.69 Å². The smallest absolute Gasteiger partial charge is 0.339 e. The average molecular weight is 1010 g/mol. The van der Waals surface area contributed by atoms with Gasteiger partial charge in [-0.25, -0.2) is 9.37 Å². The summed E-state index contributed by atoms with van der Waals surface area (Å²) in [5.41, 5.74) is 7.73. The van der Waals surface area contributed by atoms with E-state index >= 15 is 4.79 Å². The highest BCUT2D eigenvalue weighted by atomic mass is 35.5. The minimum absolute atomic E-state index is 0. The van der Waals surface area contributed by atoms with E-state index in [1.54, 1.807) is 5.57 Å². The number of hydrogen-bond donors (Lipinski definition) is 1. The van der Waals surface area contributed by atoms with Crippen molar-refractivity contribution < 1.29 is 31.2 Å². The normalized spacial score (nSPS) is 31.1. The number of amides is 1. The SMILES string of the molecule is CCN(CC)c1ccc2c(-c3ccccc3C(=O)O[C@H]3CC[C@]4(C)[C@H]5CC=C6[C@@H]7[C@@H](C)[C@H](C)CC[C@]7(C(=O)NCc7ccccc7)CC[C@@]6(C)[C@]5(C)CC[C@H]4C3(C)C)c3ccc(=[N+](CC)CC)cc-3oc2c1.[Cl-]. The highest BCUT2D eigenvalue weighted by Gasteiger charge is 2.69. The number of hydrogen-bond acceptors (Lipinski definition) is 5. The molecule has 10 rings (SSSR count). The molecule has 1 amide bonds. The average Bonchev–Trinajstić information content (AvgIpc) is 3.38. The standard InChI is InChI=1S/C65H83N3O4.ClH/c1-12-67(13-2)45-25-27-49-52(39-45)71-53-40-46(68(14-3)15-4)26-28-50(53)57(49)47-23-19-20-24-48(47)59(69)72-56-33-34-62(9)54(61(56,7)8)32-35-64(11)55(62)30-29-51-58-43(6)42(5)31-36-65(58,38-37-63(51,64)10)60(70)66-41-44-21-17-16-18-22-44;/h16-29,39-40,42-43,54-56,58H,12-15,30-38,41H2,1-11H3;1H/t42-,43+,54+,55-,56+,58+,62+,63-,64-,65+;/m1./s1. The van der Waals surface area contributed by atoms with Crippen molar-refractivity contribution in [3.63, 3.8) is 0 Å². The molecule has 3 aromatic rings. The molecule has 1 heterocycles. The van der Waals surface area contributed by atoms with Gasteiger partial charge in [0.2, 0.25) is 11.3 Å². The minimum Gasteiger partial charge on any atom is -1.00 e. The zero-order valence-corrected chi connectivity index (χ0v) is 46.8. The number of ether oxygens (including phenoxy) is 1. The highest BCUT2D eigenvalue weighted by molar-refractivity contribution is 6.08. The van der Waals surface area contributed by atoms with Gasteiger partial charge in [-0.15, -0.1) is 0 Å². The molecule has 0 unspecified atom stereocenters. The van der Waals surface area contributed by atoms with Crippen molar-refractivity contribution in [2.24, 2.45) is 56.7 Å². The third-order valence-electron chi connectivity index (χ3n) is 21.3. The van der Waals surface area contributed by atoms with Gasteiger partial charge in [-0.3, -0.25) is 4.79 Å². The number of halogens is 1. The Labute approximate surface area is 443 Å². The molecule has 7 nitrogen and oxygen atoms in total. The van der Waals surface area contributed by atoms with Crippen molar-refractivity contribution >= 4 is 28.5 Å². The highest BCUT2D eigenvalue weighted by Crippen LogP contribution is 2.76. The number of rotatable bonds is 11. The summed E-state index contributed by atoms with van der Waals surface area (Å²) in [5, 5.41) is 5.58. The largest absolute Gasteiger partial charge is 1.00 e. The molecule has 73 heavy (non-hydrogen) atoms. The van der Waals surface area contributed by atoms with Crippen molar-refractivity contribution in [3.05, 3.63) is 119 Å². The Bertz CT molecular complexity index is 2930. The van der Waals surface area contributed by atoms with Crippen LogP contribution in [-0.2, 0) is 16.1 Å². The lowest BCUT2D eigenvalue weighted by Gasteiger charge is -2.71. The zero-order chi connectivity index (χ0) is 51.0. The maximum atomic E-state index is 15.1. The monoisotopic (exact) mass is 1010 g/mol. The van der Waals surface area contributed by atoms with Crippen LogP contribution in [-0.4, -0.2) is 44.2 Å². The Kier molecular flexibility index (Phi) is 14.5. The number of allylic oxidation sites excluding steroid dienone is 2. The van der Waals surface area contributed by atoms with Crippen molar-refractivity contribution in [2.45, 2.75) is 147 Å². The summed E-state index contributed by atoms with van der Waals surface area (Å²) in [6.45, 7) is 30.5. The molecule has 10 atom stereocenters. The fourth-order valence-electron chi connectivity index (χ4n) is 16.8. The van der Waals surface area contributed by atoms with E-state index in [4.69, 9.17) is 9.15 Å². The van der Waals surface area contributed by atoms with Crippen molar-refractivity contribution in [3.8, 4) is 22.5 Å². The van der Waals surface area contributed by atoms with Gasteiger partial charge in [-0.05, 0) is 167 Å². The van der Waals surface area contributed by atoms with Crippen LogP contribution in [0.1, 0.15) is 150 Å². The molecule has 6 aliphatic carbocycles. The van der Waals surface area contributed by atoms with Gasteiger partial charge < -0.3 is 31.8 Å². The molecule has 4 fully saturated rings. The molecule has 0 spiro atoms. The molecule has 0 saturated heterocycles. The summed E-state index contributed by atoms with van der Waals surface area (Å²) in [6.07, 6.45) is 11.7. The van der Waals surface area contributed by atoms with Crippen LogP contribution in [0.15, 0.2) is 107 Å². The fraction of sp³-hybridized carbons (Fsp3) is 0.554. The van der Waals surface area contributed by atoms with Crippen molar-refractivity contribution in [1.82, 2.24) is 9.89 Å². The molecule has 3 aromatic carbocycles. The summed E-state index contributed by atoms with van der Waals surface area (Å²) in [5.74, 6) is 3.00. The van der Waals surface area contributed by atoms with E-state index in [2.05, 4.69) is 164 Å². The summed E-state index contributed by atoms with van der Waals surface area (Å²) in [4.78, 5) is 32.2. The lowest BCUT2D eigenvalue weighted by molar-refractivity contribution is -0.205. The molecule has 0 radical (unpaired) electrons. The number of fused-ring (bicyclic) bond motifs is 9. The number of nitrogens with one attached hydrogen (secondary N) is 1. The second-order valence-corrected chi connectivity index (χ2v) is 24.5. The van der Waals surface area contributed by atoms with Crippen LogP contribution >= 0.6 is 0 Å². The molecule has 0 aromatic heterocycles. The fourth-order valence-corrected chi connectivity index (χ4v) is 16.8. The van der Waals surface area contributed by atoms with E-state index in [0.29, 0.717) is 35.8 Å². The van der Waals surface area contributed by atoms with Gasteiger partial charge in [0.1, 0.15) is 30.5 Å². The third-order valence-corrected chi connectivity index (χ3v) is 21.3. The summed E-state index contributed by atoms with van der Waals surface area (Å²) in [6, 6.07) is 31.6. The lowest BCUT2D eigenvalue weighted by atomic mass is 9.33. The van der Waals surface area contributed by atoms with E-state index < -0.39 is 0 Å². The molecule has 4 saturated carbocycles. The molecule has 390 valence electrons. The van der Waals surface area contributed by atoms with Gasteiger partial charge in [-0.1, -0.05) is 109 Å². The number of carbonyl (C=O) groups is 2. The molecule has 1 aliphatic heterocycles. The Morgan fingerprint density at radius 1 is 0.767 bits per heavy atom. The quantitative estimate of drug-likeness (QED) is 0.0618. The maximum absolute atomic E-state index is 15.1. The van der Waals surface area contributed by atoms with Crippen LogP contribution in [0, 0.1) is 56.7 Å².